The van der Waals surface area contributed by atoms with Crippen LogP contribution in [-0.4, -0.2) is 20.9 Å². The fraction of sp³-hybridized carbons (Fsp3) is 0.0556. The molecule has 7 heteroatoms. The van der Waals surface area contributed by atoms with Crippen molar-refractivity contribution in [3.8, 4) is 0 Å². The molecule has 0 unspecified atom stereocenters. The summed E-state index contributed by atoms with van der Waals surface area (Å²) in [6.07, 6.45) is 5.09. The van der Waals surface area contributed by atoms with Crippen molar-refractivity contribution in [2.45, 2.75) is 6.10 Å². The van der Waals surface area contributed by atoms with Crippen LogP contribution < -0.4 is 0 Å². The van der Waals surface area contributed by atoms with Crippen LogP contribution in [0.15, 0.2) is 73.3 Å². The molecule has 2 heterocycles. The van der Waals surface area contributed by atoms with Crippen LogP contribution in [0.2, 0.25) is 0 Å². The number of pyridine rings is 2. The van der Waals surface area contributed by atoms with Crippen LogP contribution in [0.1, 0.15) is 27.6 Å². The number of para-hydroxylation sites is 1. The van der Waals surface area contributed by atoms with E-state index >= 15 is 0 Å². The number of nitro groups is 1. The Morgan fingerprint density at radius 3 is 2.44 bits per heavy atom. The van der Waals surface area contributed by atoms with Crippen molar-refractivity contribution < 1.29 is 14.5 Å². The summed E-state index contributed by atoms with van der Waals surface area (Å²) in [6, 6.07) is 12.6. The third-order valence-electron chi connectivity index (χ3n) is 3.54. The number of nitro benzene ring substituents is 1. The number of aromatic nitrogens is 2. The Bertz CT molecular complexity index is 885. The number of rotatable bonds is 5. The highest BCUT2D eigenvalue weighted by molar-refractivity contribution is 5.89. The van der Waals surface area contributed by atoms with Gasteiger partial charge in [0.15, 0.2) is 6.10 Å². The molecular weight excluding hydrogens is 322 g/mol. The van der Waals surface area contributed by atoms with Gasteiger partial charge in [-0.2, -0.15) is 0 Å². The molecule has 25 heavy (non-hydrogen) atoms. The van der Waals surface area contributed by atoms with E-state index in [1.54, 1.807) is 36.5 Å². The van der Waals surface area contributed by atoms with Gasteiger partial charge in [-0.05, 0) is 24.3 Å². The lowest BCUT2D eigenvalue weighted by Gasteiger charge is -2.18. The van der Waals surface area contributed by atoms with Crippen LogP contribution >= 0.6 is 0 Å². The maximum absolute atomic E-state index is 12.4. The van der Waals surface area contributed by atoms with Crippen LogP contribution in [-0.2, 0) is 4.74 Å². The molecule has 0 aliphatic rings. The molecule has 1 aromatic carbocycles. The first-order valence-electron chi connectivity index (χ1n) is 7.41. The van der Waals surface area contributed by atoms with E-state index in [1.807, 2.05) is 0 Å². The molecule has 0 aliphatic carbocycles. The average molecular weight is 335 g/mol. The molecule has 0 fully saturated rings. The standard InChI is InChI=1S/C18H13N3O4/c22-18(13-7-10-19-11-8-13)25-17(14-4-3-9-20-12-14)15-5-1-2-6-16(15)21(23)24/h1-12,17H/t17-/m1/s1. The van der Waals surface area contributed by atoms with E-state index in [0.717, 1.165) is 0 Å². The highest BCUT2D eigenvalue weighted by Crippen LogP contribution is 2.33. The molecular formula is C18H13N3O4. The Kier molecular flexibility index (Phi) is 4.75. The molecule has 0 aliphatic heterocycles. The number of ether oxygens (including phenoxy) is 1. The van der Waals surface area contributed by atoms with Gasteiger partial charge in [0.25, 0.3) is 5.69 Å². The Morgan fingerprint density at radius 2 is 1.76 bits per heavy atom. The number of esters is 1. The second-order valence-corrected chi connectivity index (χ2v) is 5.12. The van der Waals surface area contributed by atoms with Crippen molar-refractivity contribution in [3.63, 3.8) is 0 Å². The third kappa shape index (κ3) is 3.66. The zero-order chi connectivity index (χ0) is 17.6. The summed E-state index contributed by atoms with van der Waals surface area (Å²) in [5, 5.41) is 11.4. The van der Waals surface area contributed by atoms with Gasteiger partial charge < -0.3 is 4.74 Å². The van der Waals surface area contributed by atoms with Crippen molar-refractivity contribution in [2.24, 2.45) is 0 Å². The Labute approximate surface area is 143 Å². The number of carbonyl (C=O) groups is 1. The van der Waals surface area contributed by atoms with Gasteiger partial charge in [0.2, 0.25) is 0 Å². The molecule has 124 valence electrons. The first-order valence-corrected chi connectivity index (χ1v) is 7.41. The normalized spacial score (nSPS) is 11.5. The molecule has 3 aromatic rings. The van der Waals surface area contributed by atoms with E-state index in [2.05, 4.69) is 9.97 Å². The van der Waals surface area contributed by atoms with E-state index < -0.39 is 17.0 Å². The predicted molar refractivity (Wildman–Crippen MR) is 88.8 cm³/mol. The Balaban J connectivity index is 2.03. The van der Waals surface area contributed by atoms with E-state index in [4.69, 9.17) is 4.74 Å². The van der Waals surface area contributed by atoms with Crippen molar-refractivity contribution in [1.82, 2.24) is 9.97 Å². The second-order valence-electron chi connectivity index (χ2n) is 5.12. The fourth-order valence-electron chi connectivity index (χ4n) is 2.38. The van der Waals surface area contributed by atoms with Crippen LogP contribution in [0.3, 0.4) is 0 Å². The lowest BCUT2D eigenvalue weighted by molar-refractivity contribution is -0.386. The number of benzene rings is 1. The molecule has 2 aromatic heterocycles. The third-order valence-corrected chi connectivity index (χ3v) is 3.54. The maximum atomic E-state index is 12.4. The van der Waals surface area contributed by atoms with Gasteiger partial charge in [0.1, 0.15) is 0 Å². The Hall–Kier alpha value is -3.61. The maximum Gasteiger partial charge on any atom is 0.339 e. The van der Waals surface area contributed by atoms with E-state index in [9.17, 15) is 14.9 Å². The van der Waals surface area contributed by atoms with Crippen molar-refractivity contribution in [2.75, 3.05) is 0 Å². The quantitative estimate of drug-likeness (QED) is 0.403. The first-order chi connectivity index (χ1) is 12.2. The highest BCUT2D eigenvalue weighted by Gasteiger charge is 2.27. The summed E-state index contributed by atoms with van der Waals surface area (Å²) in [4.78, 5) is 31.2. The predicted octanol–water partition coefficient (Wildman–Crippen LogP) is 3.33. The summed E-state index contributed by atoms with van der Waals surface area (Å²) >= 11 is 0. The SMILES string of the molecule is O=C(O[C@H](c1cccnc1)c1ccccc1[N+](=O)[O-])c1ccncc1. The van der Waals surface area contributed by atoms with Gasteiger partial charge in [0.05, 0.1) is 16.1 Å². The number of hydrogen-bond acceptors (Lipinski definition) is 6. The van der Waals surface area contributed by atoms with Crippen LogP contribution in [0.4, 0.5) is 5.69 Å². The van der Waals surface area contributed by atoms with E-state index in [-0.39, 0.29) is 11.3 Å². The van der Waals surface area contributed by atoms with E-state index in [1.165, 1.54) is 36.8 Å². The summed E-state index contributed by atoms with van der Waals surface area (Å²) in [7, 11) is 0. The summed E-state index contributed by atoms with van der Waals surface area (Å²) in [6.45, 7) is 0. The molecule has 0 radical (unpaired) electrons. The van der Waals surface area contributed by atoms with Crippen molar-refractivity contribution in [1.29, 1.82) is 0 Å². The minimum absolute atomic E-state index is 0.126. The second kappa shape index (κ2) is 7.31. The minimum atomic E-state index is -0.948. The zero-order valence-corrected chi connectivity index (χ0v) is 13.0. The summed E-state index contributed by atoms with van der Waals surface area (Å²) < 4.78 is 5.59. The molecule has 0 saturated heterocycles. The van der Waals surface area contributed by atoms with Gasteiger partial charge in [-0.25, -0.2) is 4.79 Å². The summed E-state index contributed by atoms with van der Waals surface area (Å²) in [5.74, 6) is -0.602. The smallest absolute Gasteiger partial charge is 0.339 e. The number of hydrogen-bond donors (Lipinski definition) is 0. The molecule has 3 rings (SSSR count). The zero-order valence-electron chi connectivity index (χ0n) is 13.0. The average Bonchev–Trinajstić information content (AvgIpc) is 2.67. The molecule has 0 spiro atoms. The van der Waals surface area contributed by atoms with Crippen LogP contribution in [0, 0.1) is 10.1 Å². The topological polar surface area (TPSA) is 95.2 Å². The van der Waals surface area contributed by atoms with Crippen LogP contribution in [0.25, 0.3) is 0 Å². The lowest BCUT2D eigenvalue weighted by Crippen LogP contribution is -2.14. The van der Waals surface area contributed by atoms with E-state index in [0.29, 0.717) is 11.1 Å². The van der Waals surface area contributed by atoms with Gasteiger partial charge in [0, 0.05) is 36.4 Å². The Morgan fingerprint density at radius 1 is 1.00 bits per heavy atom. The van der Waals surface area contributed by atoms with Crippen LogP contribution in [0.5, 0.6) is 0 Å². The van der Waals surface area contributed by atoms with Gasteiger partial charge in [-0.15, -0.1) is 0 Å². The number of nitrogens with zero attached hydrogens (tertiary/aromatic N) is 3. The monoisotopic (exact) mass is 335 g/mol. The first kappa shape index (κ1) is 16.3. The van der Waals surface area contributed by atoms with Gasteiger partial charge in [-0.3, -0.25) is 20.1 Å². The molecule has 0 N–H and O–H groups in total. The lowest BCUT2D eigenvalue weighted by atomic mass is 10.0. The molecule has 0 amide bonds. The van der Waals surface area contributed by atoms with Crippen molar-refractivity contribution in [3.05, 3.63) is 100 Å². The molecule has 0 bridgehead atoms. The van der Waals surface area contributed by atoms with Crippen molar-refractivity contribution >= 4 is 11.7 Å². The van der Waals surface area contributed by atoms with Gasteiger partial charge >= 0.3 is 5.97 Å². The van der Waals surface area contributed by atoms with Gasteiger partial charge in [-0.1, -0.05) is 18.2 Å². The largest absolute Gasteiger partial charge is 0.449 e. The fourth-order valence-corrected chi connectivity index (χ4v) is 2.38. The molecule has 0 saturated carbocycles. The molecule has 1 atom stereocenters. The highest BCUT2D eigenvalue weighted by atomic mass is 16.6. The summed E-state index contributed by atoms with van der Waals surface area (Å²) in [5.41, 5.74) is 1.00. The molecule has 7 nitrogen and oxygen atoms in total. The number of carbonyl (C=O) groups excluding carboxylic acids is 1. The minimum Gasteiger partial charge on any atom is -0.449 e.